The number of carbonyl (C=O) groups excluding carboxylic acids is 1. The van der Waals surface area contributed by atoms with Crippen molar-refractivity contribution >= 4 is 33.2 Å². The van der Waals surface area contributed by atoms with Crippen molar-refractivity contribution in [2.24, 2.45) is 0 Å². The number of nitro groups is 1. The molecule has 0 unspecified atom stereocenters. The molecule has 1 N–H and O–H groups in total. The summed E-state index contributed by atoms with van der Waals surface area (Å²) in [5, 5.41) is 13.6. The Balaban J connectivity index is 1.86. The van der Waals surface area contributed by atoms with Crippen LogP contribution in [0.15, 0.2) is 35.2 Å². The third-order valence-electron chi connectivity index (χ3n) is 3.20. The quantitative estimate of drug-likeness (QED) is 0.521. The zero-order valence-electron chi connectivity index (χ0n) is 10.8. The minimum atomic E-state index is -0.489. The third kappa shape index (κ3) is 2.94. The van der Waals surface area contributed by atoms with Gasteiger partial charge in [0.2, 0.25) is 0 Å². The summed E-state index contributed by atoms with van der Waals surface area (Å²) in [4.78, 5) is 26.7. The summed E-state index contributed by atoms with van der Waals surface area (Å²) in [6.45, 7) is 0. The first-order valence-corrected chi connectivity index (χ1v) is 7.13. The van der Waals surface area contributed by atoms with Crippen molar-refractivity contribution in [3.05, 3.63) is 51.0 Å². The second-order valence-corrected chi connectivity index (χ2v) is 5.62. The lowest BCUT2D eigenvalue weighted by Crippen LogP contribution is -2.16. The van der Waals surface area contributed by atoms with Crippen LogP contribution in [0.3, 0.4) is 0 Å². The van der Waals surface area contributed by atoms with Crippen LogP contribution in [0.5, 0.6) is 0 Å². The molecule has 8 heteroatoms. The van der Waals surface area contributed by atoms with Crippen molar-refractivity contribution in [1.29, 1.82) is 0 Å². The molecule has 0 saturated heterocycles. The van der Waals surface area contributed by atoms with Gasteiger partial charge in [-0.05, 0) is 40.9 Å². The molecule has 1 aliphatic rings. The summed E-state index contributed by atoms with van der Waals surface area (Å²) in [5.41, 5.74) is 0.766. The van der Waals surface area contributed by atoms with Crippen molar-refractivity contribution < 1.29 is 9.72 Å². The van der Waals surface area contributed by atoms with Crippen molar-refractivity contribution in [2.45, 2.75) is 18.9 Å². The van der Waals surface area contributed by atoms with E-state index in [1.54, 1.807) is 16.7 Å². The van der Waals surface area contributed by atoms with Gasteiger partial charge in [0, 0.05) is 12.1 Å². The Morgan fingerprint density at radius 2 is 2.24 bits per heavy atom. The minimum absolute atomic E-state index is 0.0685. The van der Waals surface area contributed by atoms with E-state index in [1.165, 1.54) is 18.5 Å². The van der Waals surface area contributed by atoms with Gasteiger partial charge < -0.3 is 9.88 Å². The molecule has 21 heavy (non-hydrogen) atoms. The maximum Gasteiger partial charge on any atom is 0.287 e. The molecule has 1 saturated carbocycles. The summed E-state index contributed by atoms with van der Waals surface area (Å²) in [6, 6.07) is 4.90. The van der Waals surface area contributed by atoms with Gasteiger partial charge in [0.15, 0.2) is 0 Å². The first-order chi connectivity index (χ1) is 10.0. The molecule has 0 aliphatic heterocycles. The molecule has 1 amide bonds. The second kappa shape index (κ2) is 5.28. The van der Waals surface area contributed by atoms with Gasteiger partial charge in [0.25, 0.3) is 11.6 Å². The van der Waals surface area contributed by atoms with E-state index in [0.29, 0.717) is 16.0 Å². The first-order valence-electron chi connectivity index (χ1n) is 6.34. The highest BCUT2D eigenvalue weighted by atomic mass is 79.9. The summed E-state index contributed by atoms with van der Waals surface area (Å²) in [6.07, 6.45) is 4.81. The van der Waals surface area contributed by atoms with Gasteiger partial charge in [-0.1, -0.05) is 0 Å². The van der Waals surface area contributed by atoms with Crippen molar-refractivity contribution in [2.75, 3.05) is 5.32 Å². The number of amides is 1. The summed E-state index contributed by atoms with van der Waals surface area (Å²) in [5.74, 6) is -0.376. The lowest BCUT2D eigenvalue weighted by atomic mass is 10.3. The smallest absolute Gasteiger partial charge is 0.287 e. The highest BCUT2D eigenvalue weighted by molar-refractivity contribution is 9.10. The zero-order valence-corrected chi connectivity index (χ0v) is 12.4. The van der Waals surface area contributed by atoms with Gasteiger partial charge in [-0.2, -0.15) is 0 Å². The number of carbonyl (C=O) groups is 1. The van der Waals surface area contributed by atoms with E-state index in [2.05, 4.69) is 26.2 Å². The average molecular weight is 351 g/mol. The molecular weight excluding hydrogens is 340 g/mol. The number of pyridine rings is 1. The Kier molecular flexibility index (Phi) is 3.46. The number of hydrogen-bond donors (Lipinski definition) is 1. The van der Waals surface area contributed by atoms with Crippen LogP contribution >= 0.6 is 15.9 Å². The zero-order chi connectivity index (χ0) is 15.0. The van der Waals surface area contributed by atoms with Crippen LogP contribution < -0.4 is 5.32 Å². The van der Waals surface area contributed by atoms with Crippen LogP contribution in [-0.4, -0.2) is 20.4 Å². The normalized spacial score (nSPS) is 14.0. The molecule has 0 atom stereocenters. The Bertz CT molecular complexity index is 707. The fourth-order valence-electron chi connectivity index (χ4n) is 2.05. The van der Waals surface area contributed by atoms with Gasteiger partial charge in [0.05, 0.1) is 23.0 Å². The summed E-state index contributed by atoms with van der Waals surface area (Å²) >= 11 is 3.21. The third-order valence-corrected chi connectivity index (χ3v) is 3.67. The Hall–Kier alpha value is -2.22. The highest BCUT2D eigenvalue weighted by Crippen LogP contribution is 2.38. The van der Waals surface area contributed by atoms with Gasteiger partial charge in [-0.3, -0.25) is 14.9 Å². The standard InChI is InChI=1S/C13H11BrN4O3/c14-12-4-1-8(6-15-12)16-13(19)11-5-10(18(20)21)7-17(11)9-2-3-9/h1,4-7,9H,2-3H2,(H,16,19). The molecular formula is C13H11BrN4O3. The summed E-state index contributed by atoms with van der Waals surface area (Å²) in [7, 11) is 0. The number of nitrogens with zero attached hydrogens (tertiary/aromatic N) is 3. The summed E-state index contributed by atoms with van der Waals surface area (Å²) < 4.78 is 2.34. The van der Waals surface area contributed by atoms with Crippen LogP contribution in [-0.2, 0) is 0 Å². The van der Waals surface area contributed by atoms with Gasteiger partial charge in [-0.25, -0.2) is 4.98 Å². The van der Waals surface area contributed by atoms with Crippen LogP contribution in [0, 0.1) is 10.1 Å². The number of aromatic nitrogens is 2. The fourth-order valence-corrected chi connectivity index (χ4v) is 2.28. The van der Waals surface area contributed by atoms with Gasteiger partial charge in [-0.15, -0.1) is 0 Å². The maximum absolute atomic E-state index is 12.3. The van der Waals surface area contributed by atoms with Crippen molar-refractivity contribution in [3.8, 4) is 0 Å². The molecule has 0 radical (unpaired) electrons. The molecule has 1 fully saturated rings. The lowest BCUT2D eigenvalue weighted by Gasteiger charge is -2.07. The van der Waals surface area contributed by atoms with E-state index in [-0.39, 0.29) is 17.6 Å². The van der Waals surface area contributed by atoms with Crippen LogP contribution in [0.2, 0.25) is 0 Å². The molecule has 108 valence electrons. The van der Waals surface area contributed by atoms with Crippen molar-refractivity contribution in [1.82, 2.24) is 9.55 Å². The van der Waals surface area contributed by atoms with E-state index in [9.17, 15) is 14.9 Å². The molecule has 1 aliphatic carbocycles. The minimum Gasteiger partial charge on any atom is -0.334 e. The SMILES string of the molecule is O=C(Nc1ccc(Br)nc1)c1cc([N+](=O)[O-])cn1C1CC1. The number of nitrogens with one attached hydrogen (secondary N) is 1. The van der Waals surface area contributed by atoms with Gasteiger partial charge >= 0.3 is 0 Å². The molecule has 0 spiro atoms. The van der Waals surface area contributed by atoms with E-state index < -0.39 is 4.92 Å². The van der Waals surface area contributed by atoms with Crippen molar-refractivity contribution in [3.63, 3.8) is 0 Å². The van der Waals surface area contributed by atoms with Crippen LogP contribution in [0.1, 0.15) is 29.4 Å². The first kappa shape index (κ1) is 13.7. The average Bonchev–Trinajstić information content (AvgIpc) is 3.19. The van der Waals surface area contributed by atoms with E-state index >= 15 is 0 Å². The number of anilines is 1. The van der Waals surface area contributed by atoms with E-state index in [0.717, 1.165) is 12.8 Å². The van der Waals surface area contributed by atoms with E-state index in [1.807, 2.05) is 0 Å². The predicted octanol–water partition coefficient (Wildman–Crippen LogP) is 3.14. The fraction of sp³-hybridized carbons (Fsp3) is 0.231. The van der Waals surface area contributed by atoms with Gasteiger partial charge in [0.1, 0.15) is 10.3 Å². The predicted molar refractivity (Wildman–Crippen MR) is 79.2 cm³/mol. The number of hydrogen-bond acceptors (Lipinski definition) is 4. The molecule has 2 heterocycles. The number of halogens is 1. The molecule has 7 nitrogen and oxygen atoms in total. The molecule has 3 rings (SSSR count). The molecule has 0 aromatic carbocycles. The van der Waals surface area contributed by atoms with E-state index in [4.69, 9.17) is 0 Å². The Morgan fingerprint density at radius 3 is 2.81 bits per heavy atom. The Morgan fingerprint density at radius 1 is 1.48 bits per heavy atom. The largest absolute Gasteiger partial charge is 0.334 e. The second-order valence-electron chi connectivity index (χ2n) is 4.80. The number of rotatable bonds is 4. The topological polar surface area (TPSA) is 90.1 Å². The molecule has 0 bridgehead atoms. The Labute approximate surface area is 128 Å². The van der Waals surface area contributed by atoms with Crippen LogP contribution in [0.25, 0.3) is 0 Å². The lowest BCUT2D eigenvalue weighted by molar-refractivity contribution is -0.384. The van der Waals surface area contributed by atoms with Crippen LogP contribution in [0.4, 0.5) is 11.4 Å². The molecule has 2 aromatic heterocycles. The maximum atomic E-state index is 12.3. The highest BCUT2D eigenvalue weighted by Gasteiger charge is 2.30. The monoisotopic (exact) mass is 350 g/mol. The molecule has 2 aromatic rings.